The number of hydrogen-bond donors (Lipinski definition) is 1. The maximum absolute atomic E-state index is 13.7. The zero-order chi connectivity index (χ0) is 15.1. The highest BCUT2D eigenvalue weighted by atomic mass is 35.5. The standard InChI is InChI=1S/C11H11ClF2N2O4/c12-1-3-20-4-2-15-11(17)8-5-7(13)6-9(10(8)14)16(18)19/h5-6H,1-4H2,(H,15,17). The van der Waals surface area contributed by atoms with Gasteiger partial charge in [0.05, 0.1) is 29.8 Å². The van der Waals surface area contributed by atoms with Crippen molar-refractivity contribution in [3.63, 3.8) is 0 Å². The van der Waals surface area contributed by atoms with Gasteiger partial charge < -0.3 is 10.1 Å². The summed E-state index contributed by atoms with van der Waals surface area (Å²) in [4.78, 5) is 21.0. The normalized spacial score (nSPS) is 10.3. The average Bonchev–Trinajstić information content (AvgIpc) is 2.40. The number of ether oxygens (including phenoxy) is 1. The van der Waals surface area contributed by atoms with Crippen LogP contribution in [0.3, 0.4) is 0 Å². The number of nitrogens with one attached hydrogen (secondary N) is 1. The summed E-state index contributed by atoms with van der Waals surface area (Å²) in [6, 6.07) is 1.01. The molecule has 0 aromatic heterocycles. The highest BCUT2D eigenvalue weighted by Gasteiger charge is 2.23. The summed E-state index contributed by atoms with van der Waals surface area (Å²) in [6.07, 6.45) is 0. The summed E-state index contributed by atoms with van der Waals surface area (Å²) in [5, 5.41) is 12.8. The molecule has 0 saturated carbocycles. The summed E-state index contributed by atoms with van der Waals surface area (Å²) in [5.41, 5.74) is -1.82. The van der Waals surface area contributed by atoms with Crippen LogP contribution in [0.15, 0.2) is 12.1 Å². The van der Waals surface area contributed by atoms with E-state index in [1.54, 1.807) is 0 Å². The Labute approximate surface area is 117 Å². The zero-order valence-electron chi connectivity index (χ0n) is 10.2. The van der Waals surface area contributed by atoms with Crippen molar-refractivity contribution in [3.05, 3.63) is 39.4 Å². The molecule has 9 heteroatoms. The fourth-order valence-electron chi connectivity index (χ4n) is 1.36. The van der Waals surface area contributed by atoms with Crippen LogP contribution in [0.2, 0.25) is 0 Å². The number of hydrogen-bond acceptors (Lipinski definition) is 4. The third-order valence-electron chi connectivity index (χ3n) is 2.21. The van der Waals surface area contributed by atoms with E-state index in [0.717, 1.165) is 0 Å². The molecule has 1 rings (SSSR count). The first-order valence-corrected chi connectivity index (χ1v) is 6.06. The number of nitro groups is 1. The SMILES string of the molecule is O=C(NCCOCCCl)c1cc(F)cc([N+](=O)[O-])c1F. The molecule has 0 aliphatic heterocycles. The first kappa shape index (κ1) is 16.3. The van der Waals surface area contributed by atoms with E-state index in [1.165, 1.54) is 0 Å². The number of halogens is 3. The van der Waals surface area contributed by atoms with Gasteiger partial charge in [-0.25, -0.2) is 4.39 Å². The van der Waals surface area contributed by atoms with E-state index in [1.807, 2.05) is 0 Å². The maximum atomic E-state index is 13.7. The molecule has 0 atom stereocenters. The van der Waals surface area contributed by atoms with Gasteiger partial charge in [0.2, 0.25) is 5.82 Å². The minimum atomic E-state index is -1.38. The molecule has 1 aromatic rings. The second kappa shape index (κ2) is 7.71. The molecule has 6 nitrogen and oxygen atoms in total. The van der Waals surface area contributed by atoms with Crippen molar-refractivity contribution in [3.8, 4) is 0 Å². The van der Waals surface area contributed by atoms with Crippen LogP contribution in [0.1, 0.15) is 10.4 Å². The second-order valence-electron chi connectivity index (χ2n) is 3.60. The number of benzene rings is 1. The lowest BCUT2D eigenvalue weighted by atomic mass is 10.1. The Morgan fingerprint density at radius 2 is 2.10 bits per heavy atom. The van der Waals surface area contributed by atoms with Gasteiger partial charge in [-0.05, 0) is 6.07 Å². The number of carbonyl (C=O) groups excluding carboxylic acids is 1. The van der Waals surface area contributed by atoms with Gasteiger partial charge in [-0.1, -0.05) is 0 Å². The van der Waals surface area contributed by atoms with Gasteiger partial charge in [0.25, 0.3) is 5.91 Å². The molecule has 0 heterocycles. The number of alkyl halides is 1. The Hall–Kier alpha value is -1.80. The lowest BCUT2D eigenvalue weighted by Crippen LogP contribution is -2.28. The molecule has 110 valence electrons. The van der Waals surface area contributed by atoms with E-state index < -0.39 is 33.7 Å². The molecule has 0 aliphatic rings. The predicted molar refractivity (Wildman–Crippen MR) is 66.9 cm³/mol. The van der Waals surface area contributed by atoms with Crippen molar-refractivity contribution >= 4 is 23.2 Å². The molecule has 20 heavy (non-hydrogen) atoms. The van der Waals surface area contributed by atoms with Crippen LogP contribution in [-0.4, -0.2) is 36.5 Å². The molecule has 0 bridgehead atoms. The van der Waals surface area contributed by atoms with E-state index in [0.29, 0.717) is 18.0 Å². The molecule has 0 saturated heterocycles. The van der Waals surface area contributed by atoms with Crippen LogP contribution < -0.4 is 5.32 Å². The molecule has 1 N–H and O–H groups in total. The summed E-state index contributed by atoms with van der Waals surface area (Å²) in [5.74, 6) is -3.12. The Bertz CT molecular complexity index is 513. The van der Waals surface area contributed by atoms with E-state index in [4.69, 9.17) is 16.3 Å². The molecular weight excluding hydrogens is 298 g/mol. The van der Waals surface area contributed by atoms with Crippen LogP contribution in [0.4, 0.5) is 14.5 Å². The van der Waals surface area contributed by atoms with Crippen molar-refractivity contribution < 1.29 is 23.2 Å². The molecular formula is C11H11ClF2N2O4. The first-order valence-electron chi connectivity index (χ1n) is 5.52. The van der Waals surface area contributed by atoms with E-state index >= 15 is 0 Å². The van der Waals surface area contributed by atoms with Gasteiger partial charge in [-0.2, -0.15) is 4.39 Å². The largest absolute Gasteiger partial charge is 0.378 e. The molecule has 0 fully saturated rings. The predicted octanol–water partition coefficient (Wildman–Crippen LogP) is 1.86. The minimum Gasteiger partial charge on any atom is -0.378 e. The lowest BCUT2D eigenvalue weighted by molar-refractivity contribution is -0.387. The number of amides is 1. The molecule has 1 aromatic carbocycles. The highest BCUT2D eigenvalue weighted by molar-refractivity contribution is 6.17. The van der Waals surface area contributed by atoms with Crippen LogP contribution in [0.5, 0.6) is 0 Å². The van der Waals surface area contributed by atoms with Crippen molar-refractivity contribution in [1.82, 2.24) is 5.32 Å². The van der Waals surface area contributed by atoms with E-state index in [-0.39, 0.29) is 19.8 Å². The molecule has 0 radical (unpaired) electrons. The van der Waals surface area contributed by atoms with Crippen molar-refractivity contribution in [2.24, 2.45) is 0 Å². The van der Waals surface area contributed by atoms with Gasteiger partial charge in [0, 0.05) is 12.4 Å². The quantitative estimate of drug-likeness (QED) is 0.361. The number of nitrogens with zero attached hydrogens (tertiary/aromatic N) is 1. The minimum absolute atomic E-state index is 0.0411. The Morgan fingerprint density at radius 1 is 1.40 bits per heavy atom. The summed E-state index contributed by atoms with van der Waals surface area (Å²) >= 11 is 5.36. The first-order chi connectivity index (χ1) is 9.47. The smallest absolute Gasteiger partial charge is 0.308 e. The molecule has 1 amide bonds. The van der Waals surface area contributed by atoms with Crippen molar-refractivity contribution in [2.45, 2.75) is 0 Å². The molecule has 0 unspecified atom stereocenters. The zero-order valence-corrected chi connectivity index (χ0v) is 11.0. The van der Waals surface area contributed by atoms with E-state index in [9.17, 15) is 23.7 Å². The highest BCUT2D eigenvalue weighted by Crippen LogP contribution is 2.22. The second-order valence-corrected chi connectivity index (χ2v) is 3.98. The van der Waals surface area contributed by atoms with Gasteiger partial charge in [0.1, 0.15) is 5.82 Å². The van der Waals surface area contributed by atoms with E-state index in [2.05, 4.69) is 5.32 Å². The number of carbonyl (C=O) groups is 1. The fourth-order valence-corrected chi connectivity index (χ4v) is 1.47. The molecule has 0 aliphatic carbocycles. The average molecular weight is 309 g/mol. The van der Waals surface area contributed by atoms with Gasteiger partial charge >= 0.3 is 5.69 Å². The summed E-state index contributed by atoms with van der Waals surface area (Å²) in [6.45, 7) is 0.466. The number of rotatable bonds is 7. The lowest BCUT2D eigenvalue weighted by Gasteiger charge is -2.07. The maximum Gasteiger partial charge on any atom is 0.308 e. The fraction of sp³-hybridized carbons (Fsp3) is 0.364. The monoisotopic (exact) mass is 308 g/mol. The third-order valence-corrected chi connectivity index (χ3v) is 2.37. The van der Waals surface area contributed by atoms with Gasteiger partial charge in [0.15, 0.2) is 0 Å². The third kappa shape index (κ3) is 4.39. The van der Waals surface area contributed by atoms with Crippen molar-refractivity contribution in [2.75, 3.05) is 25.6 Å². The van der Waals surface area contributed by atoms with Gasteiger partial charge in [-0.15, -0.1) is 11.6 Å². The van der Waals surface area contributed by atoms with Crippen LogP contribution in [0, 0.1) is 21.7 Å². The summed E-state index contributed by atoms with van der Waals surface area (Å²) < 4.78 is 31.8. The Balaban J connectivity index is 2.75. The van der Waals surface area contributed by atoms with Gasteiger partial charge in [-0.3, -0.25) is 14.9 Å². The van der Waals surface area contributed by atoms with Crippen LogP contribution >= 0.6 is 11.6 Å². The Kier molecular flexibility index (Phi) is 6.26. The molecule has 0 spiro atoms. The summed E-state index contributed by atoms with van der Waals surface area (Å²) in [7, 11) is 0. The topological polar surface area (TPSA) is 81.5 Å². The van der Waals surface area contributed by atoms with Crippen LogP contribution in [-0.2, 0) is 4.74 Å². The number of nitro benzene ring substituents is 1. The van der Waals surface area contributed by atoms with Crippen LogP contribution in [0.25, 0.3) is 0 Å². The van der Waals surface area contributed by atoms with Crippen molar-refractivity contribution in [1.29, 1.82) is 0 Å². The Morgan fingerprint density at radius 3 is 2.70 bits per heavy atom.